The molecule has 1 unspecified atom stereocenters. The summed E-state index contributed by atoms with van der Waals surface area (Å²) in [7, 11) is 0. The lowest BCUT2D eigenvalue weighted by Crippen LogP contribution is -2.53. The van der Waals surface area contributed by atoms with Crippen LogP contribution in [0.2, 0.25) is 0 Å². The standard InChI is InChI=1S/C14H28N4O2/c1-4-8-16-12-6-9-18(10-7-12)11(3)13(19)17-14(20)15-5-2/h11-12,16H,4-10H2,1-3H3,(H2,15,17,19,20). The van der Waals surface area contributed by atoms with Gasteiger partial charge in [0.1, 0.15) is 0 Å². The van der Waals surface area contributed by atoms with Crippen LogP contribution < -0.4 is 16.0 Å². The summed E-state index contributed by atoms with van der Waals surface area (Å²) in [6, 6.07) is -0.113. The van der Waals surface area contributed by atoms with Gasteiger partial charge < -0.3 is 10.6 Å². The molecule has 1 aliphatic rings. The first-order chi connectivity index (χ1) is 9.58. The highest BCUT2D eigenvalue weighted by molar-refractivity contribution is 5.96. The molecule has 6 heteroatoms. The van der Waals surface area contributed by atoms with Gasteiger partial charge in [-0.15, -0.1) is 0 Å². The fourth-order valence-corrected chi connectivity index (χ4v) is 2.43. The average molecular weight is 284 g/mol. The molecule has 0 spiro atoms. The smallest absolute Gasteiger partial charge is 0.321 e. The summed E-state index contributed by atoms with van der Waals surface area (Å²) >= 11 is 0. The molecule has 0 radical (unpaired) electrons. The second-order valence-electron chi connectivity index (χ2n) is 5.29. The number of carbonyl (C=O) groups is 2. The van der Waals surface area contributed by atoms with Crippen LogP contribution in [0, 0.1) is 0 Å². The summed E-state index contributed by atoms with van der Waals surface area (Å²) < 4.78 is 0. The Morgan fingerprint density at radius 2 is 1.90 bits per heavy atom. The van der Waals surface area contributed by atoms with Crippen LogP contribution >= 0.6 is 0 Å². The first-order valence-corrected chi connectivity index (χ1v) is 7.64. The zero-order valence-corrected chi connectivity index (χ0v) is 12.9. The van der Waals surface area contributed by atoms with Crippen molar-refractivity contribution in [2.45, 2.75) is 52.1 Å². The third-order valence-electron chi connectivity index (χ3n) is 3.71. The molecular weight excluding hydrogens is 256 g/mol. The van der Waals surface area contributed by atoms with E-state index in [1.54, 1.807) is 0 Å². The van der Waals surface area contributed by atoms with Gasteiger partial charge in [-0.3, -0.25) is 15.0 Å². The molecule has 116 valence electrons. The van der Waals surface area contributed by atoms with Crippen molar-refractivity contribution in [3.8, 4) is 0 Å². The quantitative estimate of drug-likeness (QED) is 0.671. The molecule has 1 fully saturated rings. The normalized spacial score (nSPS) is 18.6. The van der Waals surface area contributed by atoms with Crippen LogP contribution in [0.5, 0.6) is 0 Å². The van der Waals surface area contributed by atoms with Crippen molar-refractivity contribution in [3.05, 3.63) is 0 Å². The van der Waals surface area contributed by atoms with Gasteiger partial charge >= 0.3 is 6.03 Å². The van der Waals surface area contributed by atoms with Gasteiger partial charge in [0.05, 0.1) is 6.04 Å². The van der Waals surface area contributed by atoms with Crippen LogP contribution in [0.15, 0.2) is 0 Å². The molecule has 0 saturated carbocycles. The maximum atomic E-state index is 12.0. The van der Waals surface area contributed by atoms with E-state index in [4.69, 9.17) is 0 Å². The highest BCUT2D eigenvalue weighted by atomic mass is 16.2. The fourth-order valence-electron chi connectivity index (χ4n) is 2.43. The Morgan fingerprint density at radius 3 is 2.45 bits per heavy atom. The number of piperidine rings is 1. The summed E-state index contributed by atoms with van der Waals surface area (Å²) in [6.07, 6.45) is 3.25. The lowest BCUT2D eigenvalue weighted by Gasteiger charge is -2.35. The molecule has 1 saturated heterocycles. The molecule has 0 aliphatic carbocycles. The van der Waals surface area contributed by atoms with Crippen LogP contribution in [0.1, 0.15) is 40.0 Å². The van der Waals surface area contributed by atoms with Gasteiger partial charge in [0.25, 0.3) is 0 Å². The SMILES string of the molecule is CCCNC1CCN(C(C)C(=O)NC(=O)NCC)CC1. The molecule has 6 nitrogen and oxygen atoms in total. The van der Waals surface area contributed by atoms with E-state index in [1.165, 1.54) is 0 Å². The number of nitrogens with one attached hydrogen (secondary N) is 3. The zero-order valence-electron chi connectivity index (χ0n) is 12.9. The van der Waals surface area contributed by atoms with E-state index >= 15 is 0 Å². The molecule has 0 bridgehead atoms. The van der Waals surface area contributed by atoms with Crippen molar-refractivity contribution < 1.29 is 9.59 Å². The number of urea groups is 1. The predicted octanol–water partition coefficient (Wildman–Crippen LogP) is 0.685. The minimum atomic E-state index is -0.413. The Bertz CT molecular complexity index is 314. The Kier molecular flexibility index (Phi) is 7.54. The lowest BCUT2D eigenvalue weighted by molar-refractivity contribution is -0.125. The largest absolute Gasteiger partial charge is 0.338 e. The van der Waals surface area contributed by atoms with Gasteiger partial charge in [-0.2, -0.15) is 0 Å². The molecule has 1 aliphatic heterocycles. The highest BCUT2D eigenvalue weighted by Gasteiger charge is 2.26. The Balaban J connectivity index is 2.32. The van der Waals surface area contributed by atoms with Gasteiger partial charge in [-0.1, -0.05) is 6.92 Å². The summed E-state index contributed by atoms with van der Waals surface area (Å²) in [6.45, 7) is 9.20. The number of nitrogens with zero attached hydrogens (tertiary/aromatic N) is 1. The van der Waals surface area contributed by atoms with Crippen LogP contribution in [-0.4, -0.2) is 55.1 Å². The molecule has 3 amide bonds. The molecule has 0 aromatic carbocycles. The van der Waals surface area contributed by atoms with Gasteiger partial charge in [0.2, 0.25) is 5.91 Å². The monoisotopic (exact) mass is 284 g/mol. The van der Waals surface area contributed by atoms with Gasteiger partial charge in [0, 0.05) is 25.7 Å². The van der Waals surface area contributed by atoms with E-state index in [1.807, 2.05) is 13.8 Å². The summed E-state index contributed by atoms with van der Waals surface area (Å²) in [5, 5.41) is 8.46. The van der Waals surface area contributed by atoms with Crippen LogP contribution in [-0.2, 0) is 4.79 Å². The van der Waals surface area contributed by atoms with Crippen molar-refractivity contribution in [2.24, 2.45) is 0 Å². The predicted molar refractivity (Wildman–Crippen MR) is 79.6 cm³/mol. The minimum absolute atomic E-state index is 0.226. The average Bonchev–Trinajstić information content (AvgIpc) is 2.45. The van der Waals surface area contributed by atoms with Gasteiger partial charge in [-0.25, -0.2) is 4.79 Å². The lowest BCUT2D eigenvalue weighted by atomic mass is 10.0. The number of carbonyl (C=O) groups excluding carboxylic acids is 2. The molecule has 0 aromatic rings. The maximum Gasteiger partial charge on any atom is 0.321 e. The highest BCUT2D eigenvalue weighted by Crippen LogP contribution is 2.13. The van der Waals surface area contributed by atoms with Crippen LogP contribution in [0.25, 0.3) is 0 Å². The van der Waals surface area contributed by atoms with Gasteiger partial charge in [0.15, 0.2) is 0 Å². The minimum Gasteiger partial charge on any atom is -0.338 e. The van der Waals surface area contributed by atoms with E-state index in [-0.39, 0.29) is 11.9 Å². The Morgan fingerprint density at radius 1 is 1.25 bits per heavy atom. The maximum absolute atomic E-state index is 12.0. The van der Waals surface area contributed by atoms with E-state index in [0.29, 0.717) is 12.6 Å². The molecular formula is C14H28N4O2. The third kappa shape index (κ3) is 5.46. The van der Waals surface area contributed by atoms with Crippen molar-refractivity contribution >= 4 is 11.9 Å². The van der Waals surface area contributed by atoms with Crippen LogP contribution in [0.4, 0.5) is 4.79 Å². The summed E-state index contributed by atoms with van der Waals surface area (Å²) in [5.41, 5.74) is 0. The molecule has 0 aromatic heterocycles. The number of imide groups is 1. The summed E-state index contributed by atoms with van der Waals surface area (Å²) in [5.74, 6) is -0.226. The number of hydrogen-bond donors (Lipinski definition) is 3. The number of hydrogen-bond acceptors (Lipinski definition) is 4. The molecule has 1 heterocycles. The second kappa shape index (κ2) is 8.92. The third-order valence-corrected chi connectivity index (χ3v) is 3.71. The Hall–Kier alpha value is -1.14. The number of rotatable bonds is 6. The first-order valence-electron chi connectivity index (χ1n) is 7.64. The van der Waals surface area contributed by atoms with E-state index in [9.17, 15) is 9.59 Å². The van der Waals surface area contributed by atoms with Crippen molar-refractivity contribution in [1.82, 2.24) is 20.9 Å². The van der Waals surface area contributed by atoms with Crippen molar-refractivity contribution in [1.29, 1.82) is 0 Å². The zero-order chi connectivity index (χ0) is 15.0. The topological polar surface area (TPSA) is 73.5 Å². The molecule has 1 atom stereocenters. The summed E-state index contributed by atoms with van der Waals surface area (Å²) in [4.78, 5) is 25.4. The van der Waals surface area contributed by atoms with E-state index in [2.05, 4.69) is 27.8 Å². The number of likely N-dealkylation sites (tertiary alicyclic amines) is 1. The van der Waals surface area contributed by atoms with Crippen molar-refractivity contribution in [2.75, 3.05) is 26.2 Å². The number of amides is 3. The van der Waals surface area contributed by atoms with Gasteiger partial charge in [-0.05, 0) is 39.7 Å². The molecule has 20 heavy (non-hydrogen) atoms. The van der Waals surface area contributed by atoms with Crippen molar-refractivity contribution in [3.63, 3.8) is 0 Å². The molecule has 1 rings (SSSR count). The van der Waals surface area contributed by atoms with E-state index in [0.717, 1.165) is 38.9 Å². The first kappa shape index (κ1) is 16.9. The second-order valence-corrected chi connectivity index (χ2v) is 5.29. The fraction of sp³-hybridized carbons (Fsp3) is 0.857. The van der Waals surface area contributed by atoms with E-state index < -0.39 is 6.03 Å². The molecule has 3 N–H and O–H groups in total. The van der Waals surface area contributed by atoms with Crippen LogP contribution in [0.3, 0.4) is 0 Å². The Labute approximate surface area is 121 Å².